The maximum Gasteiger partial charge on any atom is 0.185 e. The van der Waals surface area contributed by atoms with Gasteiger partial charge in [-0.3, -0.25) is 4.90 Å². The maximum absolute atomic E-state index is 5.91. The second-order valence-corrected chi connectivity index (χ2v) is 8.47. The maximum atomic E-state index is 5.91. The molecule has 120 valence electrons. The number of rotatable bonds is 4. The summed E-state index contributed by atoms with van der Waals surface area (Å²) in [6, 6.07) is 0. The Morgan fingerprint density at radius 3 is 2.24 bits per heavy atom. The summed E-state index contributed by atoms with van der Waals surface area (Å²) < 4.78 is 0. The van der Waals surface area contributed by atoms with Crippen molar-refractivity contribution in [3.05, 3.63) is 10.6 Å². The summed E-state index contributed by atoms with van der Waals surface area (Å²) in [7, 11) is 0. The quantitative estimate of drug-likeness (QED) is 0.929. The topological polar surface area (TPSA) is 45.4 Å². The van der Waals surface area contributed by atoms with Crippen LogP contribution in [0.15, 0.2) is 0 Å². The number of anilines is 1. The van der Waals surface area contributed by atoms with Crippen molar-refractivity contribution in [2.24, 2.45) is 11.7 Å². The third-order valence-corrected chi connectivity index (χ3v) is 4.99. The number of nitrogens with zero attached hydrogens (tertiary/aromatic N) is 3. The van der Waals surface area contributed by atoms with E-state index in [1.165, 1.54) is 17.1 Å². The first kappa shape index (κ1) is 16.7. The van der Waals surface area contributed by atoms with Crippen LogP contribution in [0.3, 0.4) is 0 Å². The second kappa shape index (κ2) is 6.63. The first-order chi connectivity index (χ1) is 9.81. The lowest BCUT2D eigenvalue weighted by atomic mass is 9.91. The molecular formula is C16H30N4S. The summed E-state index contributed by atoms with van der Waals surface area (Å²) in [5.41, 5.74) is 7.16. The van der Waals surface area contributed by atoms with E-state index in [0.29, 0.717) is 6.54 Å². The highest BCUT2D eigenvalue weighted by Crippen LogP contribution is 2.33. The fourth-order valence-corrected chi connectivity index (χ4v) is 4.04. The van der Waals surface area contributed by atoms with Crippen molar-refractivity contribution >= 4 is 16.5 Å². The first-order valence-corrected chi connectivity index (χ1v) is 8.80. The number of hydrogen-bond donors (Lipinski definition) is 1. The van der Waals surface area contributed by atoms with Gasteiger partial charge in [-0.25, -0.2) is 4.98 Å². The molecule has 0 aliphatic carbocycles. The minimum atomic E-state index is 0.0723. The largest absolute Gasteiger partial charge is 0.346 e. The molecule has 21 heavy (non-hydrogen) atoms. The molecule has 0 atom stereocenters. The molecule has 0 unspecified atom stereocenters. The molecule has 0 radical (unpaired) electrons. The van der Waals surface area contributed by atoms with Gasteiger partial charge in [0.2, 0.25) is 0 Å². The van der Waals surface area contributed by atoms with Gasteiger partial charge in [-0.2, -0.15) is 0 Å². The van der Waals surface area contributed by atoms with Crippen molar-refractivity contribution in [2.45, 2.75) is 46.6 Å². The monoisotopic (exact) mass is 310 g/mol. The average molecular weight is 311 g/mol. The molecule has 0 spiro atoms. The Morgan fingerprint density at radius 1 is 1.19 bits per heavy atom. The van der Waals surface area contributed by atoms with E-state index in [2.05, 4.69) is 44.4 Å². The normalized spacial score (nSPS) is 17.8. The smallest absolute Gasteiger partial charge is 0.185 e. The van der Waals surface area contributed by atoms with E-state index in [1.807, 2.05) is 0 Å². The van der Waals surface area contributed by atoms with E-state index in [9.17, 15) is 0 Å². The summed E-state index contributed by atoms with van der Waals surface area (Å²) >= 11 is 1.78. The standard InChI is InChI=1S/C16H30N4S/c1-12(2)11-19-6-8-20(9-7-19)15-18-14(16(3,4)5)13(10-17)21-15/h12H,6-11,17H2,1-5H3. The van der Waals surface area contributed by atoms with Crippen molar-refractivity contribution in [3.8, 4) is 0 Å². The minimum Gasteiger partial charge on any atom is -0.346 e. The summed E-state index contributed by atoms with van der Waals surface area (Å²) in [6.07, 6.45) is 0. The molecule has 0 aromatic carbocycles. The Labute approximate surface area is 133 Å². The summed E-state index contributed by atoms with van der Waals surface area (Å²) in [6.45, 7) is 17.4. The van der Waals surface area contributed by atoms with Gasteiger partial charge in [0.15, 0.2) is 5.13 Å². The highest BCUT2D eigenvalue weighted by atomic mass is 32.1. The van der Waals surface area contributed by atoms with Gasteiger partial charge in [-0.05, 0) is 5.92 Å². The molecule has 0 saturated carbocycles. The number of nitrogens with two attached hydrogens (primary N) is 1. The van der Waals surface area contributed by atoms with Gasteiger partial charge in [0.05, 0.1) is 5.69 Å². The van der Waals surface area contributed by atoms with Gasteiger partial charge < -0.3 is 10.6 Å². The van der Waals surface area contributed by atoms with Gasteiger partial charge in [0, 0.05) is 49.6 Å². The molecule has 1 aliphatic rings. The summed E-state index contributed by atoms with van der Waals surface area (Å²) in [5, 5.41) is 1.16. The minimum absolute atomic E-state index is 0.0723. The van der Waals surface area contributed by atoms with Gasteiger partial charge in [0.25, 0.3) is 0 Å². The van der Waals surface area contributed by atoms with Crippen molar-refractivity contribution in [1.29, 1.82) is 0 Å². The fraction of sp³-hybridized carbons (Fsp3) is 0.812. The number of thiazole rings is 1. The zero-order valence-electron chi connectivity index (χ0n) is 14.1. The molecule has 4 nitrogen and oxygen atoms in total. The molecule has 2 rings (SSSR count). The Hall–Kier alpha value is -0.650. The zero-order chi connectivity index (χ0) is 15.6. The van der Waals surface area contributed by atoms with Crippen LogP contribution in [0.25, 0.3) is 0 Å². The first-order valence-electron chi connectivity index (χ1n) is 7.98. The van der Waals surface area contributed by atoms with Crippen LogP contribution < -0.4 is 10.6 Å². The molecule has 1 saturated heterocycles. The van der Waals surface area contributed by atoms with Crippen LogP contribution in [0.1, 0.15) is 45.2 Å². The Morgan fingerprint density at radius 2 is 1.81 bits per heavy atom. The predicted octanol–water partition coefficient (Wildman–Crippen LogP) is 2.68. The lowest BCUT2D eigenvalue weighted by Gasteiger charge is -2.35. The third-order valence-electron chi connectivity index (χ3n) is 3.85. The van der Waals surface area contributed by atoms with Gasteiger partial charge >= 0.3 is 0 Å². The van der Waals surface area contributed by atoms with Crippen LogP contribution in [0.5, 0.6) is 0 Å². The van der Waals surface area contributed by atoms with Crippen LogP contribution in [0.4, 0.5) is 5.13 Å². The van der Waals surface area contributed by atoms with Crippen LogP contribution in [-0.4, -0.2) is 42.6 Å². The van der Waals surface area contributed by atoms with E-state index in [-0.39, 0.29) is 5.41 Å². The zero-order valence-corrected chi connectivity index (χ0v) is 15.0. The van der Waals surface area contributed by atoms with Gasteiger partial charge in [0.1, 0.15) is 0 Å². The molecule has 1 aliphatic heterocycles. The molecule has 2 N–H and O–H groups in total. The predicted molar refractivity (Wildman–Crippen MR) is 92.2 cm³/mol. The second-order valence-electron chi connectivity index (χ2n) is 7.40. The highest BCUT2D eigenvalue weighted by Gasteiger charge is 2.26. The van der Waals surface area contributed by atoms with Crippen LogP contribution >= 0.6 is 11.3 Å². The van der Waals surface area contributed by atoms with Gasteiger partial charge in [-0.15, -0.1) is 11.3 Å². The van der Waals surface area contributed by atoms with Gasteiger partial charge in [-0.1, -0.05) is 34.6 Å². The van der Waals surface area contributed by atoms with Crippen molar-refractivity contribution in [2.75, 3.05) is 37.6 Å². The molecule has 5 heteroatoms. The molecular weight excluding hydrogens is 280 g/mol. The van der Waals surface area contributed by atoms with Crippen molar-refractivity contribution in [3.63, 3.8) is 0 Å². The molecule has 0 bridgehead atoms. The van der Waals surface area contributed by atoms with E-state index >= 15 is 0 Å². The number of piperazine rings is 1. The van der Waals surface area contributed by atoms with E-state index in [0.717, 1.165) is 37.2 Å². The molecule has 1 aromatic rings. The fourth-order valence-electron chi connectivity index (χ4n) is 2.84. The summed E-state index contributed by atoms with van der Waals surface area (Å²) in [5.74, 6) is 0.743. The van der Waals surface area contributed by atoms with Crippen molar-refractivity contribution < 1.29 is 0 Å². The molecule has 1 fully saturated rings. The number of hydrogen-bond acceptors (Lipinski definition) is 5. The molecule has 1 aromatic heterocycles. The molecule has 2 heterocycles. The Kier molecular flexibility index (Phi) is 5.28. The highest BCUT2D eigenvalue weighted by molar-refractivity contribution is 7.15. The van der Waals surface area contributed by atoms with E-state index < -0.39 is 0 Å². The van der Waals surface area contributed by atoms with E-state index in [1.54, 1.807) is 11.3 Å². The molecule has 0 amide bonds. The van der Waals surface area contributed by atoms with Crippen LogP contribution in [0.2, 0.25) is 0 Å². The average Bonchev–Trinajstić information content (AvgIpc) is 2.83. The Bertz CT molecular complexity index is 453. The lowest BCUT2D eigenvalue weighted by molar-refractivity contribution is 0.231. The van der Waals surface area contributed by atoms with Crippen molar-refractivity contribution in [1.82, 2.24) is 9.88 Å². The summed E-state index contributed by atoms with van der Waals surface area (Å²) in [4.78, 5) is 11.1. The van der Waals surface area contributed by atoms with E-state index in [4.69, 9.17) is 10.7 Å². The SMILES string of the molecule is CC(C)CN1CCN(c2nc(C(C)(C)C)c(CN)s2)CC1. The van der Waals surface area contributed by atoms with Crippen LogP contribution in [-0.2, 0) is 12.0 Å². The number of aromatic nitrogens is 1. The van der Waals surface area contributed by atoms with Crippen LogP contribution in [0, 0.1) is 5.92 Å². The Balaban J connectivity index is 2.05. The lowest BCUT2D eigenvalue weighted by Crippen LogP contribution is -2.47. The third kappa shape index (κ3) is 4.18.